The fourth-order valence-corrected chi connectivity index (χ4v) is 7.41. The van der Waals surface area contributed by atoms with Gasteiger partial charge in [0.25, 0.3) is 0 Å². The van der Waals surface area contributed by atoms with Crippen LogP contribution in [0.25, 0.3) is 0 Å². The largest absolute Gasteiger partial charge is 0.397 e. The van der Waals surface area contributed by atoms with Gasteiger partial charge in [-0.2, -0.15) is 20.2 Å². The highest BCUT2D eigenvalue weighted by Crippen LogP contribution is 2.34. The average molecular weight is 640 g/mol. The van der Waals surface area contributed by atoms with E-state index in [1.165, 1.54) is 14.2 Å². The summed E-state index contributed by atoms with van der Waals surface area (Å²) in [5.74, 6) is 1.47. The third-order valence-electron chi connectivity index (χ3n) is 7.76. The third kappa shape index (κ3) is 12.6. The van der Waals surface area contributed by atoms with Crippen molar-refractivity contribution < 1.29 is 45.7 Å². The van der Waals surface area contributed by atoms with Gasteiger partial charge in [0.15, 0.2) is 0 Å². The number of thioether (sulfide) groups is 1. The van der Waals surface area contributed by atoms with Crippen molar-refractivity contribution in [2.75, 3.05) is 46.8 Å². The van der Waals surface area contributed by atoms with Gasteiger partial charge in [0, 0.05) is 58.9 Å². The van der Waals surface area contributed by atoms with Gasteiger partial charge < -0.3 is 29.7 Å². The molecule has 3 amide bonds. The molecule has 2 saturated heterocycles. The van der Waals surface area contributed by atoms with E-state index >= 15 is 0 Å². The standard InChI is InChI=1S/C27H49N3O10S2/c1-18-17-41-22(25(18)28-19(2)31)11-8-9-13-24(33)30(3)14-10-6-7-12-23(32)29-20-15-39-21(16-40-42(34,35)36)27(38-5)26(20)37-4/h18,20-22,25-27H,6-17H2,1-5H3,(H,28,31)(H,29,32)(H,34,35,36)/t18-,20+,21?,22-,25-,26?,27+/m0/s1. The lowest BCUT2D eigenvalue weighted by molar-refractivity contribution is -0.180. The summed E-state index contributed by atoms with van der Waals surface area (Å²) >= 11 is 1.91. The van der Waals surface area contributed by atoms with Crippen LogP contribution in [0.5, 0.6) is 0 Å². The van der Waals surface area contributed by atoms with E-state index in [1.807, 2.05) is 18.8 Å². The summed E-state index contributed by atoms with van der Waals surface area (Å²) in [5.41, 5.74) is 0. The molecule has 2 heterocycles. The van der Waals surface area contributed by atoms with Gasteiger partial charge in [0.05, 0.1) is 19.3 Å². The van der Waals surface area contributed by atoms with Gasteiger partial charge in [-0.3, -0.25) is 18.9 Å². The number of nitrogens with one attached hydrogen (secondary N) is 2. The minimum atomic E-state index is -4.63. The van der Waals surface area contributed by atoms with Crippen molar-refractivity contribution >= 4 is 39.9 Å². The number of nitrogens with zero attached hydrogens (tertiary/aromatic N) is 1. The minimum absolute atomic E-state index is 0.0121. The Kier molecular flexibility index (Phi) is 16.0. The van der Waals surface area contributed by atoms with Crippen LogP contribution in [-0.2, 0) is 43.2 Å². The first-order chi connectivity index (χ1) is 19.9. The van der Waals surface area contributed by atoms with Crippen molar-refractivity contribution in [3.05, 3.63) is 0 Å². The zero-order valence-corrected chi connectivity index (χ0v) is 27.0. The molecule has 0 saturated carbocycles. The molecule has 3 N–H and O–H groups in total. The molecule has 2 unspecified atom stereocenters. The van der Waals surface area contributed by atoms with Crippen molar-refractivity contribution in [1.82, 2.24) is 15.5 Å². The lowest BCUT2D eigenvalue weighted by atomic mass is 9.97. The number of hydrogen-bond donors (Lipinski definition) is 3. The second-order valence-electron chi connectivity index (χ2n) is 11.1. The van der Waals surface area contributed by atoms with Gasteiger partial charge >= 0.3 is 10.4 Å². The molecular formula is C27H49N3O10S2. The van der Waals surface area contributed by atoms with Crippen molar-refractivity contribution in [1.29, 1.82) is 0 Å². The molecule has 2 aliphatic heterocycles. The maximum absolute atomic E-state index is 12.6. The first kappa shape index (κ1) is 36.7. The number of methoxy groups -OCH3 is 2. The number of unbranched alkanes of at least 4 members (excludes halogenated alkanes) is 3. The molecule has 2 rings (SSSR count). The Hall–Kier alpha value is -1.49. The Morgan fingerprint density at radius 2 is 1.71 bits per heavy atom. The molecule has 15 heteroatoms. The second kappa shape index (κ2) is 18.3. The molecule has 42 heavy (non-hydrogen) atoms. The lowest BCUT2D eigenvalue weighted by Crippen LogP contribution is -2.61. The van der Waals surface area contributed by atoms with Crippen molar-refractivity contribution in [3.8, 4) is 0 Å². The first-order valence-corrected chi connectivity index (χ1v) is 17.0. The van der Waals surface area contributed by atoms with Gasteiger partial charge in [-0.25, -0.2) is 4.18 Å². The maximum atomic E-state index is 12.6. The van der Waals surface area contributed by atoms with E-state index in [-0.39, 0.29) is 30.4 Å². The molecule has 0 spiro atoms. The van der Waals surface area contributed by atoms with Crippen LogP contribution >= 0.6 is 11.8 Å². The van der Waals surface area contributed by atoms with Gasteiger partial charge in [-0.05, 0) is 37.4 Å². The number of carbonyl (C=O) groups excluding carboxylic acids is 3. The zero-order valence-electron chi connectivity index (χ0n) is 25.4. The highest BCUT2D eigenvalue weighted by Gasteiger charge is 2.42. The number of rotatable bonds is 18. The Morgan fingerprint density at radius 3 is 2.36 bits per heavy atom. The second-order valence-corrected chi connectivity index (χ2v) is 13.5. The van der Waals surface area contributed by atoms with E-state index in [0.29, 0.717) is 37.0 Å². The van der Waals surface area contributed by atoms with E-state index in [4.69, 9.17) is 18.8 Å². The van der Waals surface area contributed by atoms with E-state index in [0.717, 1.165) is 37.9 Å². The van der Waals surface area contributed by atoms with Crippen LogP contribution in [0, 0.1) is 5.92 Å². The van der Waals surface area contributed by atoms with Crippen molar-refractivity contribution in [2.45, 2.75) is 101 Å². The molecule has 0 bridgehead atoms. The zero-order chi connectivity index (χ0) is 31.3. The van der Waals surface area contributed by atoms with Crippen molar-refractivity contribution in [3.63, 3.8) is 0 Å². The summed E-state index contributed by atoms with van der Waals surface area (Å²) in [6.45, 7) is 3.97. The van der Waals surface area contributed by atoms with E-state index in [1.54, 1.807) is 11.8 Å². The predicted molar refractivity (Wildman–Crippen MR) is 158 cm³/mol. The van der Waals surface area contributed by atoms with Gasteiger partial charge in [-0.1, -0.05) is 19.8 Å². The molecule has 0 aromatic rings. The van der Waals surface area contributed by atoms with Crippen LogP contribution in [0.1, 0.15) is 65.2 Å². The Bertz CT molecular complexity index is 970. The van der Waals surface area contributed by atoms with E-state index < -0.39 is 41.4 Å². The third-order valence-corrected chi connectivity index (χ3v) is 9.87. The summed E-state index contributed by atoms with van der Waals surface area (Å²) in [6, 6.07) is -0.300. The fourth-order valence-electron chi connectivity index (χ4n) is 5.47. The fraction of sp³-hybridized carbons (Fsp3) is 0.889. The quantitative estimate of drug-likeness (QED) is 0.147. The smallest absolute Gasteiger partial charge is 0.376 e. The summed E-state index contributed by atoms with van der Waals surface area (Å²) < 4.78 is 51.6. The first-order valence-electron chi connectivity index (χ1n) is 14.6. The normalized spacial score (nSPS) is 27.9. The van der Waals surface area contributed by atoms with Crippen LogP contribution in [0.15, 0.2) is 0 Å². The highest BCUT2D eigenvalue weighted by molar-refractivity contribution is 8.00. The predicted octanol–water partition coefficient (Wildman–Crippen LogP) is 1.55. The highest BCUT2D eigenvalue weighted by atomic mass is 32.3. The van der Waals surface area contributed by atoms with Crippen LogP contribution in [0.4, 0.5) is 0 Å². The summed E-state index contributed by atoms with van der Waals surface area (Å²) in [5, 5.41) is 6.39. The summed E-state index contributed by atoms with van der Waals surface area (Å²) in [6.07, 6.45) is 3.67. The van der Waals surface area contributed by atoms with Crippen LogP contribution in [0.2, 0.25) is 0 Å². The molecule has 13 nitrogen and oxygen atoms in total. The summed E-state index contributed by atoms with van der Waals surface area (Å²) in [7, 11) is 0.0452. The topological polar surface area (TPSA) is 170 Å². The molecule has 7 atom stereocenters. The molecule has 0 aromatic carbocycles. The van der Waals surface area contributed by atoms with Crippen molar-refractivity contribution in [2.24, 2.45) is 5.92 Å². The molecule has 2 aliphatic rings. The lowest BCUT2D eigenvalue weighted by Gasteiger charge is -2.41. The monoisotopic (exact) mass is 639 g/mol. The molecule has 0 aliphatic carbocycles. The molecule has 0 aromatic heterocycles. The van der Waals surface area contributed by atoms with Gasteiger partial charge in [0.1, 0.15) is 18.3 Å². The number of hydrogen-bond acceptors (Lipinski definition) is 10. The summed E-state index contributed by atoms with van der Waals surface area (Å²) in [4.78, 5) is 38.3. The van der Waals surface area contributed by atoms with Gasteiger partial charge in [-0.15, -0.1) is 0 Å². The number of amides is 3. The van der Waals surface area contributed by atoms with Crippen LogP contribution < -0.4 is 10.6 Å². The molecule has 0 radical (unpaired) electrons. The molecule has 244 valence electrons. The molecule has 2 fully saturated rings. The minimum Gasteiger partial charge on any atom is -0.376 e. The van der Waals surface area contributed by atoms with E-state index in [2.05, 4.69) is 21.7 Å². The van der Waals surface area contributed by atoms with E-state index in [9.17, 15) is 22.8 Å². The van der Waals surface area contributed by atoms with Crippen LogP contribution in [-0.4, -0.2) is 118 Å². The Morgan fingerprint density at radius 1 is 1.02 bits per heavy atom. The number of carbonyl (C=O) groups is 3. The van der Waals surface area contributed by atoms with Crippen LogP contribution in [0.3, 0.4) is 0 Å². The SMILES string of the molecule is COC1[C@H](OC)C(COS(=O)(=O)O)OC[C@H]1NC(=O)CCCCCN(C)C(=O)CCCC[C@@H]1SC[C@H](C)[C@@H]1NC(C)=O. The number of ether oxygens (including phenoxy) is 3. The average Bonchev–Trinajstić information content (AvgIpc) is 3.26. The van der Waals surface area contributed by atoms with Gasteiger partial charge in [0.2, 0.25) is 17.7 Å². The Balaban J connectivity index is 1.61. The Labute approximate surface area is 254 Å². The maximum Gasteiger partial charge on any atom is 0.397 e. The molecular weight excluding hydrogens is 590 g/mol.